The summed E-state index contributed by atoms with van der Waals surface area (Å²) >= 11 is 0. The van der Waals surface area contributed by atoms with Gasteiger partial charge in [-0.2, -0.15) is 0 Å². The summed E-state index contributed by atoms with van der Waals surface area (Å²) in [5.74, 6) is 0.775. The molecular weight excluding hydrogens is 352 g/mol. The number of carbonyl (C=O) groups is 2. The summed E-state index contributed by atoms with van der Waals surface area (Å²) in [6, 6.07) is 0. The Hall–Kier alpha value is -1.06. The summed E-state index contributed by atoms with van der Waals surface area (Å²) in [4.78, 5) is 25.2. The van der Waals surface area contributed by atoms with Crippen LogP contribution in [0.2, 0.25) is 0 Å². The van der Waals surface area contributed by atoms with E-state index in [1.54, 1.807) is 27.7 Å². The van der Waals surface area contributed by atoms with Gasteiger partial charge in [0.05, 0.1) is 24.0 Å². The molecule has 0 saturated carbocycles. The van der Waals surface area contributed by atoms with E-state index >= 15 is 0 Å². The molecule has 0 bridgehead atoms. The highest BCUT2D eigenvalue weighted by Crippen LogP contribution is 2.40. The number of rotatable bonds is 15. The van der Waals surface area contributed by atoms with Gasteiger partial charge in [0.25, 0.3) is 0 Å². The van der Waals surface area contributed by atoms with E-state index in [1.807, 2.05) is 0 Å². The smallest absolute Gasteiger partial charge is 0.312 e. The molecule has 0 radical (unpaired) electrons. The summed E-state index contributed by atoms with van der Waals surface area (Å²) in [5, 5.41) is 0. The summed E-state index contributed by atoms with van der Waals surface area (Å²) in [6.07, 6.45) is 8.60. The molecule has 4 nitrogen and oxygen atoms in total. The Morgan fingerprint density at radius 1 is 0.607 bits per heavy atom. The molecule has 4 heteroatoms. The minimum Gasteiger partial charge on any atom is -0.465 e. The highest BCUT2D eigenvalue weighted by atomic mass is 16.5. The van der Waals surface area contributed by atoms with Crippen molar-refractivity contribution in [1.82, 2.24) is 0 Å². The topological polar surface area (TPSA) is 52.6 Å². The lowest BCUT2D eigenvalue weighted by atomic mass is 9.68. The maximum Gasteiger partial charge on any atom is 0.312 e. The second kappa shape index (κ2) is 13.2. The Kier molecular flexibility index (Phi) is 12.7. The van der Waals surface area contributed by atoms with Crippen molar-refractivity contribution in [3.05, 3.63) is 0 Å². The van der Waals surface area contributed by atoms with E-state index in [0.29, 0.717) is 25.0 Å². The first-order valence-electron chi connectivity index (χ1n) is 11.3. The predicted molar refractivity (Wildman–Crippen MR) is 116 cm³/mol. The van der Waals surface area contributed by atoms with E-state index in [9.17, 15) is 9.59 Å². The summed E-state index contributed by atoms with van der Waals surface area (Å²) in [5.41, 5.74) is -1.86. The first kappa shape index (κ1) is 26.9. The van der Waals surface area contributed by atoms with Gasteiger partial charge in [-0.1, -0.05) is 66.2 Å². The average molecular weight is 399 g/mol. The minimum atomic E-state index is -0.931. The molecule has 0 aromatic heterocycles. The third-order valence-corrected chi connectivity index (χ3v) is 5.90. The van der Waals surface area contributed by atoms with Gasteiger partial charge in [-0.05, 0) is 52.4 Å². The van der Waals surface area contributed by atoms with Crippen molar-refractivity contribution < 1.29 is 19.1 Å². The van der Waals surface area contributed by atoms with Crippen LogP contribution in [0.25, 0.3) is 0 Å². The molecule has 0 amide bonds. The van der Waals surface area contributed by atoms with Gasteiger partial charge in [0.15, 0.2) is 0 Å². The molecule has 0 atom stereocenters. The molecule has 0 aromatic carbocycles. The molecule has 0 N–H and O–H groups in total. The first-order chi connectivity index (χ1) is 12.9. The standard InChI is InChI=1S/C24H46O4/c1-19(2)15-11-9-13-17-27-21(25)23(5,6)24(7,8)22(26)28-18-14-10-12-16-20(3)4/h19-20H,9-18H2,1-8H3. The lowest BCUT2D eigenvalue weighted by molar-refractivity contribution is -0.175. The Balaban J connectivity index is 4.31. The van der Waals surface area contributed by atoms with Crippen molar-refractivity contribution in [1.29, 1.82) is 0 Å². The van der Waals surface area contributed by atoms with Crippen LogP contribution in [0.15, 0.2) is 0 Å². The van der Waals surface area contributed by atoms with E-state index in [1.165, 1.54) is 12.8 Å². The number of hydrogen-bond donors (Lipinski definition) is 0. The van der Waals surface area contributed by atoms with Crippen LogP contribution >= 0.6 is 0 Å². The maximum absolute atomic E-state index is 12.6. The fourth-order valence-electron chi connectivity index (χ4n) is 2.86. The van der Waals surface area contributed by atoms with Gasteiger partial charge in [0.2, 0.25) is 0 Å². The fraction of sp³-hybridized carbons (Fsp3) is 0.917. The Morgan fingerprint density at radius 2 is 0.929 bits per heavy atom. The van der Waals surface area contributed by atoms with E-state index in [-0.39, 0.29) is 11.9 Å². The SMILES string of the molecule is CC(C)CCCCCOC(=O)C(C)(C)C(C)(C)C(=O)OCCCCCC(C)C. The molecule has 0 heterocycles. The summed E-state index contributed by atoms with van der Waals surface area (Å²) in [6.45, 7) is 16.8. The summed E-state index contributed by atoms with van der Waals surface area (Å²) in [7, 11) is 0. The van der Waals surface area contributed by atoms with Crippen molar-refractivity contribution in [3.63, 3.8) is 0 Å². The van der Waals surface area contributed by atoms with Crippen LogP contribution in [0.3, 0.4) is 0 Å². The van der Waals surface area contributed by atoms with Gasteiger partial charge in [0, 0.05) is 0 Å². The number of hydrogen-bond acceptors (Lipinski definition) is 4. The monoisotopic (exact) mass is 398 g/mol. The predicted octanol–water partition coefficient (Wildman–Crippen LogP) is 6.56. The van der Waals surface area contributed by atoms with Gasteiger partial charge in [-0.3, -0.25) is 9.59 Å². The van der Waals surface area contributed by atoms with E-state index in [4.69, 9.17) is 9.47 Å². The van der Waals surface area contributed by atoms with Crippen LogP contribution in [0.4, 0.5) is 0 Å². The Labute approximate surface area is 174 Å². The average Bonchev–Trinajstić information content (AvgIpc) is 2.59. The van der Waals surface area contributed by atoms with Gasteiger partial charge >= 0.3 is 11.9 Å². The molecule has 0 aliphatic heterocycles. The van der Waals surface area contributed by atoms with E-state index in [2.05, 4.69) is 27.7 Å². The molecule has 0 spiro atoms. The van der Waals surface area contributed by atoms with Crippen molar-refractivity contribution in [3.8, 4) is 0 Å². The van der Waals surface area contributed by atoms with Crippen LogP contribution in [-0.4, -0.2) is 25.2 Å². The van der Waals surface area contributed by atoms with Crippen molar-refractivity contribution in [2.24, 2.45) is 22.7 Å². The quantitative estimate of drug-likeness (QED) is 0.231. The van der Waals surface area contributed by atoms with Gasteiger partial charge in [0.1, 0.15) is 0 Å². The van der Waals surface area contributed by atoms with Crippen molar-refractivity contribution in [2.75, 3.05) is 13.2 Å². The zero-order chi connectivity index (χ0) is 21.8. The number of unbranched alkanes of at least 4 members (excludes halogenated alkanes) is 4. The first-order valence-corrected chi connectivity index (χ1v) is 11.3. The van der Waals surface area contributed by atoms with Crippen LogP contribution in [0.5, 0.6) is 0 Å². The van der Waals surface area contributed by atoms with Crippen molar-refractivity contribution in [2.45, 2.75) is 107 Å². The van der Waals surface area contributed by atoms with E-state index in [0.717, 1.165) is 38.5 Å². The van der Waals surface area contributed by atoms with Crippen LogP contribution in [0.1, 0.15) is 107 Å². The fourth-order valence-corrected chi connectivity index (χ4v) is 2.86. The lowest BCUT2D eigenvalue weighted by Crippen LogP contribution is -2.46. The van der Waals surface area contributed by atoms with Crippen LogP contribution < -0.4 is 0 Å². The third-order valence-electron chi connectivity index (χ3n) is 5.90. The molecule has 0 aliphatic carbocycles. The highest BCUT2D eigenvalue weighted by Gasteiger charge is 2.50. The van der Waals surface area contributed by atoms with Gasteiger partial charge in [-0.25, -0.2) is 0 Å². The zero-order valence-electron chi connectivity index (χ0n) is 19.9. The molecule has 0 saturated heterocycles. The minimum absolute atomic E-state index is 0.324. The Bertz CT molecular complexity index is 408. The molecule has 0 unspecified atom stereocenters. The molecule has 0 fully saturated rings. The lowest BCUT2D eigenvalue weighted by Gasteiger charge is -2.37. The molecule has 0 aromatic rings. The van der Waals surface area contributed by atoms with Gasteiger partial charge < -0.3 is 9.47 Å². The normalized spacial score (nSPS) is 12.5. The second-order valence-electron chi connectivity index (χ2n) is 10.0. The van der Waals surface area contributed by atoms with Gasteiger partial charge in [-0.15, -0.1) is 0 Å². The largest absolute Gasteiger partial charge is 0.465 e. The van der Waals surface area contributed by atoms with Crippen LogP contribution in [0, 0.1) is 22.7 Å². The van der Waals surface area contributed by atoms with Crippen LogP contribution in [-0.2, 0) is 19.1 Å². The Morgan fingerprint density at radius 3 is 1.21 bits per heavy atom. The number of ether oxygens (including phenoxy) is 2. The third kappa shape index (κ3) is 9.93. The highest BCUT2D eigenvalue weighted by molar-refractivity contribution is 5.87. The number of carbonyl (C=O) groups excluding carboxylic acids is 2. The number of esters is 2. The maximum atomic E-state index is 12.6. The molecule has 0 rings (SSSR count). The molecule has 28 heavy (non-hydrogen) atoms. The molecule has 0 aliphatic rings. The summed E-state index contributed by atoms with van der Waals surface area (Å²) < 4.78 is 11.0. The molecular formula is C24H46O4. The zero-order valence-corrected chi connectivity index (χ0v) is 19.9. The second-order valence-corrected chi connectivity index (χ2v) is 10.0. The van der Waals surface area contributed by atoms with Crippen molar-refractivity contribution >= 4 is 11.9 Å². The molecule has 166 valence electrons. The van der Waals surface area contributed by atoms with E-state index < -0.39 is 10.8 Å².